The number of nitrogens with two attached hydrogens (primary N) is 1. The van der Waals surface area contributed by atoms with Crippen molar-refractivity contribution >= 4 is 11.7 Å². The first kappa shape index (κ1) is 18.2. The number of nitro groups is 1. The summed E-state index contributed by atoms with van der Waals surface area (Å²) in [6, 6.07) is 4.48. The van der Waals surface area contributed by atoms with Crippen LogP contribution < -0.4 is 24.4 Å². The van der Waals surface area contributed by atoms with E-state index in [1.54, 1.807) is 0 Å². The summed E-state index contributed by atoms with van der Waals surface area (Å²) in [5.41, 5.74) is 5.22. The van der Waals surface area contributed by atoms with E-state index in [9.17, 15) is 14.9 Å². The van der Waals surface area contributed by atoms with Crippen LogP contribution >= 0.6 is 0 Å². The number of nitrogens with zero attached hydrogens (tertiary/aromatic N) is 1. The Labute approximate surface area is 114 Å². The summed E-state index contributed by atoms with van der Waals surface area (Å²) in [5.74, 6) is -0.341. The van der Waals surface area contributed by atoms with E-state index in [-0.39, 0.29) is 11.4 Å². The number of hydrogen-bond donors (Lipinski definition) is 2. The number of benzene rings is 1. The van der Waals surface area contributed by atoms with Crippen LogP contribution in [0.15, 0.2) is 24.3 Å². The summed E-state index contributed by atoms with van der Waals surface area (Å²) in [5, 5.41) is 10.3. The maximum Gasteiger partial charge on any atom is 0.328 e. The summed E-state index contributed by atoms with van der Waals surface area (Å²) in [4.78, 5) is 20.8. The van der Waals surface area contributed by atoms with Crippen molar-refractivity contribution in [1.29, 1.82) is 0 Å². The van der Waals surface area contributed by atoms with Crippen molar-refractivity contribution in [3.05, 3.63) is 34.4 Å². The van der Waals surface area contributed by atoms with Crippen LogP contribution in [0.1, 0.15) is 6.92 Å². The topological polar surface area (TPSA) is 185 Å². The van der Waals surface area contributed by atoms with Gasteiger partial charge in [0.2, 0.25) is 0 Å². The van der Waals surface area contributed by atoms with Crippen molar-refractivity contribution in [3.63, 3.8) is 0 Å². The van der Waals surface area contributed by atoms with Crippen LogP contribution in [0.5, 0.6) is 5.75 Å². The Bertz CT molecular complexity index is 450. The number of carbonyl (C=O) groups excluding carboxylic acids is 1. The molecular weight excluding hydrogens is 300 g/mol. The third kappa shape index (κ3) is 9.16. The van der Waals surface area contributed by atoms with Crippen LogP contribution in [0.2, 0.25) is 0 Å². The standard InChI is InChI=1S/C9H10N2O4.ClHO4/c1-6(10)9(12)15-8-4-2-7(3-5-8)11(13)14;2-1(3,4)5/h2-6H,10H2,1H3;(H,2,3,4,5)/t6-;/m0./s1. The van der Waals surface area contributed by atoms with Crippen LogP contribution in [0.4, 0.5) is 5.69 Å². The SMILES string of the molecule is C[C@H](N)C(=O)Oc1ccc([N+](=O)[O-])cc1.[O-][Cl+3]([O-])([O-])O. The maximum atomic E-state index is 11.0. The molecule has 0 fully saturated rings. The number of rotatable bonds is 3. The van der Waals surface area contributed by atoms with Crippen molar-refractivity contribution in [2.45, 2.75) is 13.0 Å². The summed E-state index contributed by atoms with van der Waals surface area (Å²) < 4.78 is 37.5. The molecule has 0 heterocycles. The van der Waals surface area contributed by atoms with E-state index < -0.39 is 27.2 Å². The first-order valence-corrected chi connectivity index (χ1v) is 6.12. The zero-order chi connectivity index (χ0) is 15.9. The van der Waals surface area contributed by atoms with Crippen molar-refractivity contribution in [2.24, 2.45) is 5.73 Å². The minimum absolute atomic E-state index is 0.0596. The summed E-state index contributed by atoms with van der Waals surface area (Å²) in [6.07, 6.45) is 0. The van der Waals surface area contributed by atoms with Gasteiger partial charge in [0.15, 0.2) is 0 Å². The highest BCUT2D eigenvalue weighted by Gasteiger charge is 2.11. The van der Waals surface area contributed by atoms with Gasteiger partial charge >= 0.3 is 5.97 Å². The molecule has 1 atom stereocenters. The zero-order valence-electron chi connectivity index (χ0n) is 10.1. The molecule has 0 aliphatic carbocycles. The highest BCUT2D eigenvalue weighted by molar-refractivity contribution is 5.77. The molecular formula is C9H11ClN2O8. The number of nitro benzene ring substituents is 1. The third-order valence-corrected chi connectivity index (χ3v) is 1.64. The molecule has 0 saturated heterocycles. The first-order chi connectivity index (χ1) is 9.00. The largest absolute Gasteiger partial charge is 0.425 e. The number of carbonyl (C=O) groups is 1. The van der Waals surface area contributed by atoms with Gasteiger partial charge in [-0.2, -0.15) is 14.0 Å². The molecule has 3 N–H and O–H groups in total. The predicted octanol–water partition coefficient (Wildman–Crippen LogP) is -3.28. The Balaban J connectivity index is 0.000000621. The van der Waals surface area contributed by atoms with Crippen LogP contribution in [-0.2, 0) is 4.79 Å². The average Bonchev–Trinajstić information content (AvgIpc) is 2.27. The second-order valence-electron chi connectivity index (χ2n) is 3.36. The molecule has 0 saturated carbocycles. The summed E-state index contributed by atoms with van der Waals surface area (Å²) >= 11 is 0. The molecule has 0 spiro atoms. The molecule has 1 rings (SSSR count). The molecule has 0 bridgehead atoms. The normalized spacial score (nSPS) is 11.9. The maximum absolute atomic E-state index is 11.0. The smallest absolute Gasteiger partial charge is 0.328 e. The van der Waals surface area contributed by atoms with Gasteiger partial charge in [-0.1, -0.05) is 0 Å². The van der Waals surface area contributed by atoms with Crippen LogP contribution in [0.3, 0.4) is 0 Å². The van der Waals surface area contributed by atoms with Gasteiger partial charge in [-0.25, -0.2) is 4.79 Å². The van der Waals surface area contributed by atoms with Crippen LogP contribution in [0.25, 0.3) is 0 Å². The van der Waals surface area contributed by atoms with Gasteiger partial charge in [-0.05, 0) is 19.1 Å². The second-order valence-corrected chi connectivity index (χ2v) is 4.15. The lowest BCUT2D eigenvalue weighted by molar-refractivity contribution is -1.92. The van der Waals surface area contributed by atoms with Gasteiger partial charge in [0, 0.05) is 12.1 Å². The molecule has 10 nitrogen and oxygen atoms in total. The average molecular weight is 311 g/mol. The van der Waals surface area contributed by atoms with Gasteiger partial charge in [-0.15, -0.1) is 0 Å². The third-order valence-electron chi connectivity index (χ3n) is 1.64. The van der Waals surface area contributed by atoms with Gasteiger partial charge in [0.05, 0.1) is 19.8 Å². The molecule has 0 unspecified atom stereocenters. The molecule has 0 aromatic heterocycles. The lowest BCUT2D eigenvalue weighted by Crippen LogP contribution is -2.58. The van der Waals surface area contributed by atoms with E-state index in [1.807, 2.05) is 0 Å². The minimum Gasteiger partial charge on any atom is -0.425 e. The molecule has 0 aliphatic rings. The van der Waals surface area contributed by atoms with Crippen molar-refractivity contribution < 1.29 is 43.3 Å². The Hall–Kier alpha value is -1.82. The van der Waals surface area contributed by atoms with E-state index in [4.69, 9.17) is 29.1 Å². The predicted molar refractivity (Wildman–Crippen MR) is 54.6 cm³/mol. The number of halogens is 1. The van der Waals surface area contributed by atoms with E-state index in [2.05, 4.69) is 0 Å². The lowest BCUT2D eigenvalue weighted by Gasteiger charge is -2.05. The summed E-state index contributed by atoms with van der Waals surface area (Å²) in [7, 11) is -4.69. The monoisotopic (exact) mass is 310 g/mol. The van der Waals surface area contributed by atoms with E-state index in [0.717, 1.165) is 0 Å². The fourth-order valence-corrected chi connectivity index (χ4v) is 0.845. The number of non-ortho nitro benzene ring substituents is 1. The summed E-state index contributed by atoms with van der Waals surface area (Å²) in [6.45, 7) is 1.49. The first-order valence-electron chi connectivity index (χ1n) is 4.85. The molecule has 0 aliphatic heterocycles. The fraction of sp³-hybridized carbons (Fsp3) is 0.222. The number of esters is 1. The minimum atomic E-state index is -4.69. The molecule has 0 amide bonds. The molecule has 1 aromatic carbocycles. The number of ether oxygens (including phenoxy) is 1. The Morgan fingerprint density at radius 3 is 2.05 bits per heavy atom. The van der Waals surface area contributed by atoms with Gasteiger partial charge in [0.1, 0.15) is 11.8 Å². The van der Waals surface area contributed by atoms with Crippen LogP contribution in [0, 0.1) is 20.4 Å². The van der Waals surface area contributed by atoms with E-state index in [0.29, 0.717) is 0 Å². The van der Waals surface area contributed by atoms with E-state index >= 15 is 0 Å². The van der Waals surface area contributed by atoms with Gasteiger partial charge < -0.3 is 10.5 Å². The van der Waals surface area contributed by atoms with E-state index in [1.165, 1.54) is 31.2 Å². The second kappa shape index (κ2) is 7.69. The van der Waals surface area contributed by atoms with Crippen molar-refractivity contribution in [2.75, 3.05) is 0 Å². The van der Waals surface area contributed by atoms with Gasteiger partial charge in [0.25, 0.3) is 5.69 Å². The van der Waals surface area contributed by atoms with Crippen molar-refractivity contribution in [1.82, 2.24) is 0 Å². The lowest BCUT2D eigenvalue weighted by atomic mass is 10.3. The Morgan fingerprint density at radius 2 is 1.75 bits per heavy atom. The fourth-order valence-electron chi connectivity index (χ4n) is 0.845. The molecule has 11 heteroatoms. The molecule has 0 radical (unpaired) electrons. The molecule has 20 heavy (non-hydrogen) atoms. The Kier molecular flexibility index (Phi) is 6.99. The highest BCUT2D eigenvalue weighted by Crippen LogP contribution is 2.17. The highest BCUT2D eigenvalue weighted by atomic mass is 35.7. The molecule has 1 aromatic rings. The number of hydrogen-bond acceptors (Lipinski definition) is 9. The van der Waals surface area contributed by atoms with Crippen molar-refractivity contribution in [3.8, 4) is 5.75 Å². The van der Waals surface area contributed by atoms with Crippen LogP contribution in [-0.4, -0.2) is 21.6 Å². The zero-order valence-corrected chi connectivity index (χ0v) is 10.9. The van der Waals surface area contributed by atoms with Gasteiger partial charge in [-0.3, -0.25) is 10.1 Å². The quantitative estimate of drug-likeness (QED) is 0.250. The Morgan fingerprint density at radius 1 is 1.35 bits per heavy atom. The molecule has 112 valence electrons.